The molecule has 0 aromatic heterocycles. The van der Waals surface area contributed by atoms with Gasteiger partial charge < -0.3 is 5.11 Å². The van der Waals surface area contributed by atoms with Gasteiger partial charge in [0.1, 0.15) is 5.71 Å². The number of rotatable bonds is 4. The predicted molar refractivity (Wildman–Crippen MR) is 67.2 cm³/mol. The van der Waals surface area contributed by atoms with Crippen molar-refractivity contribution in [2.24, 2.45) is 15.4 Å². The minimum Gasteiger partial charge on any atom is -0.477 e. The highest BCUT2D eigenvalue weighted by Crippen LogP contribution is 2.18. The van der Waals surface area contributed by atoms with Crippen LogP contribution in [0.2, 0.25) is 0 Å². The molecule has 2 N–H and O–H groups in total. The highest BCUT2D eigenvalue weighted by atomic mass is 32.2. The number of carbonyl (C=O) groups is 1. The number of carboxylic acid groups (broad SMARTS) is 1. The van der Waals surface area contributed by atoms with Gasteiger partial charge in [-0.1, -0.05) is 0 Å². The minimum atomic E-state index is -4.24. The Morgan fingerprint density at radius 1 is 1.30 bits per heavy atom. The summed E-state index contributed by atoms with van der Waals surface area (Å²) in [5.41, 5.74) is 0.349. The molecule has 0 saturated heterocycles. The van der Waals surface area contributed by atoms with Crippen molar-refractivity contribution in [3.8, 4) is 0 Å². The largest absolute Gasteiger partial charge is 0.477 e. The summed E-state index contributed by atoms with van der Waals surface area (Å²) in [6.45, 7) is 0.314. The molecule has 0 fully saturated rings. The van der Waals surface area contributed by atoms with Crippen molar-refractivity contribution < 1.29 is 22.9 Å². The number of hydrogen-bond acceptors (Lipinski definition) is 6. The monoisotopic (exact) mass is 298 g/mol. The van der Waals surface area contributed by atoms with E-state index in [1.54, 1.807) is 0 Å². The lowest BCUT2D eigenvalue weighted by Crippen LogP contribution is -2.09. The van der Waals surface area contributed by atoms with Gasteiger partial charge in [0.25, 0.3) is 10.1 Å². The summed E-state index contributed by atoms with van der Waals surface area (Å²) in [6, 6.07) is 5.06. The van der Waals surface area contributed by atoms with Crippen LogP contribution in [0.3, 0.4) is 0 Å². The fraction of sp³-hybridized carbons (Fsp3) is 0.200. The van der Waals surface area contributed by atoms with E-state index < -0.39 is 16.1 Å². The lowest BCUT2D eigenvalue weighted by atomic mass is 10.3. The molecule has 1 aromatic carbocycles. The Morgan fingerprint density at radius 3 is 2.45 bits per heavy atom. The van der Waals surface area contributed by atoms with E-state index in [9.17, 15) is 13.2 Å². The molecule has 0 spiro atoms. The van der Waals surface area contributed by atoms with Gasteiger partial charge in [-0.25, -0.2) is 4.79 Å². The molecule has 2 rings (SSSR count). The topological polar surface area (TPSA) is 132 Å². The Hall–Kier alpha value is -2.33. The Labute approximate surface area is 114 Å². The van der Waals surface area contributed by atoms with E-state index in [1.807, 2.05) is 0 Å². The van der Waals surface area contributed by atoms with Crippen molar-refractivity contribution in [1.82, 2.24) is 5.12 Å². The van der Waals surface area contributed by atoms with E-state index >= 15 is 0 Å². The molecule has 9 nitrogen and oxygen atoms in total. The van der Waals surface area contributed by atoms with Crippen molar-refractivity contribution in [1.29, 1.82) is 0 Å². The van der Waals surface area contributed by atoms with Gasteiger partial charge in [-0.2, -0.15) is 18.6 Å². The minimum absolute atomic E-state index is 0.00525. The number of benzene rings is 1. The van der Waals surface area contributed by atoms with Crippen LogP contribution < -0.4 is 0 Å². The number of hydrogen-bond donors (Lipinski definition) is 2. The first-order chi connectivity index (χ1) is 9.36. The molecule has 0 bridgehead atoms. The van der Waals surface area contributed by atoms with Crippen molar-refractivity contribution in [2.75, 3.05) is 6.54 Å². The zero-order valence-corrected chi connectivity index (χ0v) is 10.9. The van der Waals surface area contributed by atoms with Crippen molar-refractivity contribution >= 4 is 27.5 Å². The van der Waals surface area contributed by atoms with Crippen molar-refractivity contribution in [3.63, 3.8) is 0 Å². The first-order valence-corrected chi connectivity index (χ1v) is 6.88. The van der Waals surface area contributed by atoms with Crippen molar-refractivity contribution in [3.05, 3.63) is 24.3 Å². The zero-order valence-electron chi connectivity index (χ0n) is 10.0. The third-order valence-electron chi connectivity index (χ3n) is 2.43. The number of nitrogens with zero attached hydrogens (tertiary/aromatic N) is 4. The van der Waals surface area contributed by atoms with E-state index in [0.29, 0.717) is 12.2 Å². The normalized spacial score (nSPS) is 15.7. The summed E-state index contributed by atoms with van der Waals surface area (Å²) in [7, 11) is -4.24. The Balaban J connectivity index is 2.08. The van der Waals surface area contributed by atoms with E-state index in [1.165, 1.54) is 24.3 Å². The molecule has 1 heterocycles. The summed E-state index contributed by atoms with van der Waals surface area (Å²) in [5.74, 6) is -1.10. The quantitative estimate of drug-likeness (QED) is 0.631. The fourth-order valence-electron chi connectivity index (χ4n) is 1.45. The maximum Gasteiger partial charge on any atom is 0.352 e. The number of hydrazone groups is 1. The number of carboxylic acids is 1. The standard InChI is InChI=1S/C10H10N4O5S/c15-10(16)9-5-6-14(12-9)13-11-7-1-3-8(4-2-7)20(17,18)19/h1-4H,5-6H2,(H,15,16)(H,17,18,19). The third-order valence-corrected chi connectivity index (χ3v) is 3.30. The van der Waals surface area contributed by atoms with Gasteiger partial charge in [-0.05, 0) is 29.5 Å². The second-order valence-corrected chi connectivity index (χ2v) is 5.28. The summed E-state index contributed by atoms with van der Waals surface area (Å²) < 4.78 is 30.5. The first-order valence-electron chi connectivity index (χ1n) is 5.44. The smallest absolute Gasteiger partial charge is 0.352 e. The van der Waals surface area contributed by atoms with Crippen LogP contribution in [0.5, 0.6) is 0 Å². The fourth-order valence-corrected chi connectivity index (χ4v) is 1.93. The van der Waals surface area contributed by atoms with Gasteiger partial charge in [0.15, 0.2) is 0 Å². The molecule has 10 heteroatoms. The zero-order chi connectivity index (χ0) is 14.8. The van der Waals surface area contributed by atoms with Gasteiger partial charge in [-0.15, -0.1) is 5.11 Å². The number of aliphatic carboxylic acids is 1. The van der Waals surface area contributed by atoms with E-state index in [0.717, 1.165) is 5.12 Å². The van der Waals surface area contributed by atoms with E-state index in [2.05, 4.69) is 15.4 Å². The molecule has 106 valence electrons. The maximum atomic E-state index is 10.8. The molecule has 1 aromatic rings. The second kappa shape index (κ2) is 5.35. The molecule has 0 radical (unpaired) electrons. The molecule has 20 heavy (non-hydrogen) atoms. The Bertz CT molecular complexity index is 680. The van der Waals surface area contributed by atoms with E-state index in [4.69, 9.17) is 9.66 Å². The first kappa shape index (κ1) is 14.1. The third kappa shape index (κ3) is 3.36. The van der Waals surface area contributed by atoms with Crippen LogP contribution in [0, 0.1) is 0 Å². The predicted octanol–water partition coefficient (Wildman–Crippen LogP) is 1.08. The summed E-state index contributed by atoms with van der Waals surface area (Å²) >= 11 is 0. The lowest BCUT2D eigenvalue weighted by molar-refractivity contribution is -0.129. The van der Waals surface area contributed by atoms with Crippen molar-refractivity contribution in [2.45, 2.75) is 11.3 Å². The molecule has 1 aliphatic rings. The summed E-state index contributed by atoms with van der Waals surface area (Å²) in [5, 5.41) is 21.1. The Kier molecular flexibility index (Phi) is 3.77. The van der Waals surface area contributed by atoms with Gasteiger partial charge in [-0.3, -0.25) is 4.55 Å². The molecule has 0 unspecified atom stereocenters. The Morgan fingerprint density at radius 2 is 1.95 bits per heavy atom. The second-order valence-electron chi connectivity index (χ2n) is 3.86. The molecule has 0 amide bonds. The molecule has 0 saturated carbocycles. The SMILES string of the molecule is O=C(O)C1=NN(N=Nc2ccc(S(=O)(=O)O)cc2)CC1. The molecule has 1 aliphatic heterocycles. The van der Waals surface area contributed by atoms with Gasteiger partial charge >= 0.3 is 5.97 Å². The average Bonchev–Trinajstić information content (AvgIpc) is 2.85. The van der Waals surface area contributed by atoms with Crippen LogP contribution in [0.15, 0.2) is 44.6 Å². The van der Waals surface area contributed by atoms with Crippen LogP contribution >= 0.6 is 0 Å². The summed E-state index contributed by atoms with van der Waals surface area (Å²) in [6.07, 6.45) is 0.274. The van der Waals surface area contributed by atoms with Gasteiger partial charge in [0.2, 0.25) is 0 Å². The van der Waals surface area contributed by atoms with Crippen LogP contribution in [-0.2, 0) is 14.9 Å². The van der Waals surface area contributed by atoms with Crippen LogP contribution in [0.1, 0.15) is 6.42 Å². The molecule has 0 atom stereocenters. The molecular formula is C10H10N4O5S. The average molecular weight is 298 g/mol. The summed E-state index contributed by atoms with van der Waals surface area (Å²) in [4.78, 5) is 10.4. The van der Waals surface area contributed by atoms with Gasteiger partial charge in [0.05, 0.1) is 17.1 Å². The van der Waals surface area contributed by atoms with Gasteiger partial charge in [0, 0.05) is 6.42 Å². The van der Waals surface area contributed by atoms with E-state index in [-0.39, 0.29) is 17.0 Å². The maximum absolute atomic E-state index is 10.8. The highest BCUT2D eigenvalue weighted by Gasteiger charge is 2.19. The molecule has 0 aliphatic carbocycles. The van der Waals surface area contributed by atoms with Crippen LogP contribution in [0.25, 0.3) is 0 Å². The lowest BCUT2D eigenvalue weighted by Gasteiger charge is -2.02. The van der Waals surface area contributed by atoms with Crippen LogP contribution in [0.4, 0.5) is 5.69 Å². The van der Waals surface area contributed by atoms with Crippen LogP contribution in [-0.4, -0.2) is 41.4 Å². The molecular weight excluding hydrogens is 288 g/mol. The highest BCUT2D eigenvalue weighted by molar-refractivity contribution is 7.85.